The number of imide groups is 2. The Morgan fingerprint density at radius 3 is 2.52 bits per heavy atom. The van der Waals surface area contributed by atoms with Gasteiger partial charge in [-0.1, -0.05) is 13.0 Å². The Morgan fingerprint density at radius 1 is 1.17 bits per heavy atom. The summed E-state index contributed by atoms with van der Waals surface area (Å²) in [5.74, 6) is -1.90. The highest BCUT2D eigenvalue weighted by molar-refractivity contribution is 6.45. The van der Waals surface area contributed by atoms with E-state index in [-0.39, 0.29) is 6.54 Å². The number of hydrogen-bond donors (Lipinski definition) is 1. The molecule has 1 fully saturated rings. The molecule has 1 saturated heterocycles. The monoisotopic (exact) mass is 319 g/mol. The summed E-state index contributed by atoms with van der Waals surface area (Å²) < 4.78 is 5.04. The molecule has 0 aromatic heterocycles. The Bertz CT molecular complexity index is 658. The third kappa shape index (κ3) is 3.47. The zero-order chi connectivity index (χ0) is 17.0. The van der Waals surface area contributed by atoms with Gasteiger partial charge in [-0.25, -0.2) is 9.69 Å². The summed E-state index contributed by atoms with van der Waals surface area (Å²) in [6, 6.07) is 5.88. The fraction of sp³-hybridized carbons (Fsp3) is 0.333. The Balaban J connectivity index is 2.03. The molecule has 8 nitrogen and oxygen atoms in total. The van der Waals surface area contributed by atoms with Crippen molar-refractivity contribution in [3.8, 4) is 5.75 Å². The van der Waals surface area contributed by atoms with Crippen LogP contribution in [0, 0.1) is 0 Å². The predicted octanol–water partition coefficient (Wildman–Crippen LogP) is 0.834. The second-order valence-electron chi connectivity index (χ2n) is 4.91. The normalized spacial score (nSPS) is 14.4. The van der Waals surface area contributed by atoms with Crippen LogP contribution < -0.4 is 10.1 Å². The Kier molecular flexibility index (Phi) is 4.95. The number of anilines is 1. The molecule has 0 saturated carbocycles. The molecule has 1 aromatic rings. The second-order valence-corrected chi connectivity index (χ2v) is 4.91. The van der Waals surface area contributed by atoms with Crippen molar-refractivity contribution in [2.45, 2.75) is 13.3 Å². The van der Waals surface area contributed by atoms with Gasteiger partial charge in [-0.15, -0.1) is 0 Å². The Labute approximate surface area is 133 Å². The molecule has 0 aliphatic carbocycles. The van der Waals surface area contributed by atoms with E-state index in [0.717, 1.165) is 4.90 Å². The van der Waals surface area contributed by atoms with E-state index in [4.69, 9.17) is 4.74 Å². The Hall–Kier alpha value is -2.90. The lowest BCUT2D eigenvalue weighted by Crippen LogP contribution is -2.39. The largest absolute Gasteiger partial charge is 0.497 e. The maximum absolute atomic E-state index is 12.0. The van der Waals surface area contributed by atoms with Gasteiger partial charge in [0, 0.05) is 18.3 Å². The predicted molar refractivity (Wildman–Crippen MR) is 80.7 cm³/mol. The lowest BCUT2D eigenvalue weighted by molar-refractivity contribution is -0.143. The van der Waals surface area contributed by atoms with Crippen molar-refractivity contribution in [3.05, 3.63) is 24.3 Å². The SMILES string of the molecule is CCCN1C(=O)C(=O)N(CC(=O)Nc2cccc(OC)c2)C1=O. The number of rotatable bonds is 6. The average Bonchev–Trinajstić information content (AvgIpc) is 2.73. The number of urea groups is 1. The number of methoxy groups -OCH3 is 1. The summed E-state index contributed by atoms with van der Waals surface area (Å²) in [7, 11) is 1.50. The molecule has 0 spiro atoms. The minimum Gasteiger partial charge on any atom is -0.497 e. The van der Waals surface area contributed by atoms with Crippen molar-refractivity contribution in [1.29, 1.82) is 0 Å². The number of carbonyl (C=O) groups excluding carboxylic acids is 4. The smallest absolute Gasteiger partial charge is 0.334 e. The van der Waals surface area contributed by atoms with Crippen LogP contribution >= 0.6 is 0 Å². The summed E-state index contributed by atoms with van der Waals surface area (Å²) in [5.41, 5.74) is 0.463. The number of hydrogen-bond acceptors (Lipinski definition) is 5. The zero-order valence-electron chi connectivity index (χ0n) is 12.9. The number of benzene rings is 1. The third-order valence-electron chi connectivity index (χ3n) is 3.24. The molecule has 1 N–H and O–H groups in total. The first-order valence-electron chi connectivity index (χ1n) is 7.09. The molecule has 122 valence electrons. The van der Waals surface area contributed by atoms with E-state index < -0.39 is 30.3 Å². The van der Waals surface area contributed by atoms with Crippen molar-refractivity contribution >= 4 is 29.4 Å². The van der Waals surface area contributed by atoms with Crippen LogP contribution in [0.2, 0.25) is 0 Å². The highest BCUT2D eigenvalue weighted by Gasteiger charge is 2.44. The van der Waals surface area contributed by atoms with Gasteiger partial charge < -0.3 is 10.1 Å². The number of nitrogens with one attached hydrogen (secondary N) is 1. The minimum absolute atomic E-state index is 0.150. The molecule has 1 aromatic carbocycles. The summed E-state index contributed by atoms with van der Waals surface area (Å²) >= 11 is 0. The summed E-state index contributed by atoms with van der Waals surface area (Å²) in [6.07, 6.45) is 0.536. The van der Waals surface area contributed by atoms with Crippen molar-refractivity contribution in [2.75, 3.05) is 25.5 Å². The van der Waals surface area contributed by atoms with Gasteiger partial charge in [0.15, 0.2) is 0 Å². The van der Waals surface area contributed by atoms with Crippen LogP contribution in [0.15, 0.2) is 24.3 Å². The van der Waals surface area contributed by atoms with Crippen LogP contribution in [-0.2, 0) is 14.4 Å². The molecule has 8 heteroatoms. The summed E-state index contributed by atoms with van der Waals surface area (Å²) in [5, 5.41) is 2.55. The van der Waals surface area contributed by atoms with Gasteiger partial charge in [-0.05, 0) is 18.6 Å². The molecule has 0 atom stereocenters. The number of nitrogens with zero attached hydrogens (tertiary/aromatic N) is 2. The molecule has 5 amide bonds. The fourth-order valence-corrected chi connectivity index (χ4v) is 2.16. The van der Waals surface area contributed by atoms with Gasteiger partial charge in [0.1, 0.15) is 12.3 Å². The maximum atomic E-state index is 12.0. The van der Waals surface area contributed by atoms with Gasteiger partial charge in [0.25, 0.3) is 0 Å². The zero-order valence-corrected chi connectivity index (χ0v) is 12.9. The van der Waals surface area contributed by atoms with E-state index in [1.54, 1.807) is 31.2 Å². The molecular weight excluding hydrogens is 302 g/mol. The van der Waals surface area contributed by atoms with Gasteiger partial charge >= 0.3 is 17.8 Å². The molecule has 23 heavy (non-hydrogen) atoms. The number of carbonyl (C=O) groups is 4. The molecule has 0 unspecified atom stereocenters. The van der Waals surface area contributed by atoms with Crippen molar-refractivity contribution < 1.29 is 23.9 Å². The first kappa shape index (κ1) is 16.5. The highest BCUT2D eigenvalue weighted by atomic mass is 16.5. The van der Waals surface area contributed by atoms with E-state index in [2.05, 4.69) is 5.32 Å². The average molecular weight is 319 g/mol. The van der Waals surface area contributed by atoms with Gasteiger partial charge in [-0.3, -0.25) is 19.3 Å². The van der Waals surface area contributed by atoms with Gasteiger partial charge in [-0.2, -0.15) is 0 Å². The molecule has 1 heterocycles. The van der Waals surface area contributed by atoms with Crippen LogP contribution in [0.1, 0.15) is 13.3 Å². The second kappa shape index (κ2) is 6.91. The quantitative estimate of drug-likeness (QED) is 0.619. The molecule has 2 rings (SSSR count). The Morgan fingerprint density at radius 2 is 1.87 bits per heavy atom. The van der Waals surface area contributed by atoms with Gasteiger partial charge in [0.2, 0.25) is 5.91 Å². The van der Waals surface area contributed by atoms with Crippen LogP contribution in [-0.4, -0.2) is 53.8 Å². The highest BCUT2D eigenvalue weighted by Crippen LogP contribution is 2.17. The van der Waals surface area contributed by atoms with Crippen molar-refractivity contribution in [3.63, 3.8) is 0 Å². The maximum Gasteiger partial charge on any atom is 0.334 e. The molecule has 1 aliphatic heterocycles. The molecule has 0 bridgehead atoms. The van der Waals surface area contributed by atoms with Crippen LogP contribution in [0.25, 0.3) is 0 Å². The van der Waals surface area contributed by atoms with Crippen molar-refractivity contribution in [1.82, 2.24) is 9.80 Å². The van der Waals surface area contributed by atoms with Crippen LogP contribution in [0.4, 0.5) is 10.5 Å². The van der Waals surface area contributed by atoms with Crippen LogP contribution in [0.5, 0.6) is 5.75 Å². The molecular formula is C15H17N3O5. The summed E-state index contributed by atoms with van der Waals surface area (Å²) in [4.78, 5) is 49.0. The van der Waals surface area contributed by atoms with E-state index in [9.17, 15) is 19.2 Å². The molecule has 0 radical (unpaired) electrons. The van der Waals surface area contributed by atoms with E-state index in [1.807, 2.05) is 0 Å². The third-order valence-corrected chi connectivity index (χ3v) is 3.24. The summed E-state index contributed by atoms with van der Waals surface area (Å²) in [6.45, 7) is 1.42. The number of amides is 5. The first-order chi connectivity index (χ1) is 11.0. The van der Waals surface area contributed by atoms with Gasteiger partial charge in [0.05, 0.1) is 7.11 Å². The lowest BCUT2D eigenvalue weighted by atomic mass is 10.3. The van der Waals surface area contributed by atoms with E-state index in [0.29, 0.717) is 22.8 Å². The van der Waals surface area contributed by atoms with Crippen molar-refractivity contribution in [2.24, 2.45) is 0 Å². The molecule has 1 aliphatic rings. The van der Waals surface area contributed by atoms with Crippen LogP contribution in [0.3, 0.4) is 0 Å². The van der Waals surface area contributed by atoms with E-state index in [1.165, 1.54) is 7.11 Å². The van der Waals surface area contributed by atoms with E-state index >= 15 is 0 Å². The fourth-order valence-electron chi connectivity index (χ4n) is 2.16. The minimum atomic E-state index is -0.982. The first-order valence-corrected chi connectivity index (χ1v) is 7.09. The topological polar surface area (TPSA) is 96.0 Å². The number of ether oxygens (including phenoxy) is 1. The lowest BCUT2D eigenvalue weighted by Gasteiger charge is -2.14. The standard InChI is InChI=1S/C15H17N3O5/c1-3-7-17-13(20)14(21)18(15(17)22)9-12(19)16-10-5-4-6-11(8-10)23-2/h4-6,8H,3,7,9H2,1-2H3,(H,16,19).